The Bertz CT molecular complexity index is 218. The van der Waals surface area contributed by atoms with E-state index in [2.05, 4.69) is 13.8 Å². The number of ether oxygens (including phenoxy) is 1. The van der Waals surface area contributed by atoms with E-state index in [1.54, 1.807) is 0 Å². The molecule has 146 valence electrons. The Labute approximate surface area is 152 Å². The molecule has 1 unspecified atom stereocenters. The molecule has 0 aliphatic rings. The molecule has 0 heterocycles. The zero-order valence-corrected chi connectivity index (χ0v) is 16.9. The third-order valence-electron chi connectivity index (χ3n) is 4.86. The zero-order chi connectivity index (χ0) is 17.7. The molecule has 0 amide bonds. The first kappa shape index (κ1) is 23.9. The van der Waals surface area contributed by atoms with Crippen LogP contribution in [0.5, 0.6) is 0 Å². The highest BCUT2D eigenvalue weighted by Gasteiger charge is 2.03. The van der Waals surface area contributed by atoms with Gasteiger partial charge in [0.25, 0.3) is 0 Å². The molecule has 0 rings (SSSR count). The first-order valence-electron chi connectivity index (χ1n) is 11.1. The minimum atomic E-state index is -0.528. The number of aliphatic hydroxyl groups is 1. The Morgan fingerprint density at radius 3 is 1.38 bits per heavy atom. The third kappa shape index (κ3) is 20.0. The van der Waals surface area contributed by atoms with Crippen LogP contribution in [0.4, 0.5) is 0 Å². The van der Waals surface area contributed by atoms with Gasteiger partial charge in [-0.25, -0.2) is 0 Å². The van der Waals surface area contributed by atoms with Crippen LogP contribution in [0.15, 0.2) is 0 Å². The SMILES string of the molecule is CCCCCCCCCCCCCCCC(O)OCCCCCC. The predicted molar refractivity (Wildman–Crippen MR) is 106 cm³/mol. The van der Waals surface area contributed by atoms with Crippen LogP contribution in [0.2, 0.25) is 0 Å². The number of rotatable bonds is 20. The van der Waals surface area contributed by atoms with Crippen LogP contribution in [0.3, 0.4) is 0 Å². The molecular weight excluding hydrogens is 296 g/mol. The van der Waals surface area contributed by atoms with Crippen LogP contribution >= 0.6 is 0 Å². The smallest absolute Gasteiger partial charge is 0.154 e. The summed E-state index contributed by atoms with van der Waals surface area (Å²) in [6.45, 7) is 5.21. The molecule has 0 saturated carbocycles. The quantitative estimate of drug-likeness (QED) is 0.185. The predicted octanol–water partition coefficient (Wildman–Crippen LogP) is 7.38. The van der Waals surface area contributed by atoms with Crippen molar-refractivity contribution in [2.75, 3.05) is 6.61 Å². The highest BCUT2D eigenvalue weighted by atomic mass is 16.6. The van der Waals surface area contributed by atoms with Crippen molar-refractivity contribution in [3.8, 4) is 0 Å². The molecule has 0 aromatic rings. The summed E-state index contributed by atoms with van der Waals surface area (Å²) in [5.41, 5.74) is 0. The molecule has 0 aromatic heterocycles. The van der Waals surface area contributed by atoms with Crippen molar-refractivity contribution in [2.45, 2.75) is 136 Å². The van der Waals surface area contributed by atoms with Crippen molar-refractivity contribution in [3.63, 3.8) is 0 Å². The second kappa shape index (κ2) is 21.0. The van der Waals surface area contributed by atoms with Gasteiger partial charge in [-0.05, 0) is 19.3 Å². The highest BCUT2D eigenvalue weighted by Crippen LogP contribution is 2.13. The van der Waals surface area contributed by atoms with Crippen LogP contribution in [-0.4, -0.2) is 18.0 Å². The minimum absolute atomic E-state index is 0.528. The van der Waals surface area contributed by atoms with E-state index in [0.29, 0.717) is 0 Å². The van der Waals surface area contributed by atoms with Crippen molar-refractivity contribution in [1.82, 2.24) is 0 Å². The molecule has 0 spiro atoms. The van der Waals surface area contributed by atoms with Crippen LogP contribution in [0.1, 0.15) is 129 Å². The lowest BCUT2D eigenvalue weighted by atomic mass is 10.0. The number of hydrogen-bond acceptors (Lipinski definition) is 2. The average Bonchev–Trinajstić information content (AvgIpc) is 2.59. The normalized spacial score (nSPS) is 12.6. The van der Waals surface area contributed by atoms with Crippen LogP contribution < -0.4 is 0 Å². The molecule has 0 fully saturated rings. The van der Waals surface area contributed by atoms with E-state index in [4.69, 9.17) is 4.74 Å². The summed E-state index contributed by atoms with van der Waals surface area (Å²) in [5.74, 6) is 0. The van der Waals surface area contributed by atoms with Gasteiger partial charge in [-0.15, -0.1) is 0 Å². The standard InChI is InChI=1S/C22H46O2/c1-3-5-7-9-10-11-12-13-14-15-16-17-18-20-22(23)24-21-19-8-6-4-2/h22-23H,3-21H2,1-2H3. The van der Waals surface area contributed by atoms with Gasteiger partial charge in [-0.1, -0.05) is 110 Å². The first-order valence-corrected chi connectivity index (χ1v) is 11.1. The van der Waals surface area contributed by atoms with Crippen molar-refractivity contribution < 1.29 is 9.84 Å². The van der Waals surface area contributed by atoms with E-state index in [9.17, 15) is 5.11 Å². The van der Waals surface area contributed by atoms with Gasteiger partial charge >= 0.3 is 0 Å². The van der Waals surface area contributed by atoms with E-state index >= 15 is 0 Å². The molecule has 0 aromatic carbocycles. The maximum atomic E-state index is 9.76. The molecule has 0 radical (unpaired) electrons. The van der Waals surface area contributed by atoms with Crippen LogP contribution in [0.25, 0.3) is 0 Å². The summed E-state index contributed by atoms with van der Waals surface area (Å²) in [4.78, 5) is 0. The molecular formula is C22H46O2. The van der Waals surface area contributed by atoms with E-state index in [-0.39, 0.29) is 0 Å². The van der Waals surface area contributed by atoms with E-state index in [1.165, 1.54) is 96.3 Å². The molecule has 0 aliphatic heterocycles. The molecule has 0 aliphatic carbocycles. The Balaban J connectivity index is 3.08. The Kier molecular flexibility index (Phi) is 20.9. The lowest BCUT2D eigenvalue weighted by molar-refractivity contribution is -0.105. The van der Waals surface area contributed by atoms with Crippen molar-refractivity contribution in [3.05, 3.63) is 0 Å². The van der Waals surface area contributed by atoms with Gasteiger partial charge in [0.1, 0.15) is 0 Å². The van der Waals surface area contributed by atoms with Gasteiger partial charge in [0.05, 0.1) is 0 Å². The lowest BCUT2D eigenvalue weighted by Gasteiger charge is -2.11. The molecule has 0 bridgehead atoms. The van der Waals surface area contributed by atoms with Gasteiger partial charge in [-0.2, -0.15) is 0 Å². The maximum absolute atomic E-state index is 9.76. The number of unbranched alkanes of at least 4 members (excludes halogenated alkanes) is 15. The van der Waals surface area contributed by atoms with Crippen molar-refractivity contribution in [2.24, 2.45) is 0 Å². The summed E-state index contributed by atoms with van der Waals surface area (Å²) >= 11 is 0. The largest absolute Gasteiger partial charge is 0.368 e. The number of hydrogen-bond donors (Lipinski definition) is 1. The molecule has 24 heavy (non-hydrogen) atoms. The van der Waals surface area contributed by atoms with Crippen LogP contribution in [0, 0.1) is 0 Å². The van der Waals surface area contributed by atoms with Gasteiger partial charge in [0, 0.05) is 6.61 Å². The molecule has 2 nitrogen and oxygen atoms in total. The fourth-order valence-corrected chi connectivity index (χ4v) is 3.17. The molecule has 0 saturated heterocycles. The molecule has 2 heteroatoms. The Hall–Kier alpha value is -0.0800. The third-order valence-corrected chi connectivity index (χ3v) is 4.86. The summed E-state index contributed by atoms with van der Waals surface area (Å²) < 4.78 is 5.45. The van der Waals surface area contributed by atoms with Crippen molar-refractivity contribution in [1.29, 1.82) is 0 Å². The second-order valence-electron chi connectivity index (χ2n) is 7.42. The number of aliphatic hydroxyl groups excluding tert-OH is 1. The highest BCUT2D eigenvalue weighted by molar-refractivity contribution is 4.50. The van der Waals surface area contributed by atoms with E-state index in [1.807, 2.05) is 0 Å². The minimum Gasteiger partial charge on any atom is -0.368 e. The zero-order valence-electron chi connectivity index (χ0n) is 16.9. The fraction of sp³-hybridized carbons (Fsp3) is 1.00. The van der Waals surface area contributed by atoms with Gasteiger partial charge in [-0.3, -0.25) is 0 Å². The van der Waals surface area contributed by atoms with Crippen LogP contribution in [-0.2, 0) is 4.74 Å². The summed E-state index contributed by atoms with van der Waals surface area (Å²) in [6, 6.07) is 0. The molecule has 1 atom stereocenters. The monoisotopic (exact) mass is 342 g/mol. The maximum Gasteiger partial charge on any atom is 0.154 e. The average molecular weight is 343 g/mol. The van der Waals surface area contributed by atoms with Gasteiger partial charge < -0.3 is 9.84 Å². The Morgan fingerprint density at radius 1 is 0.542 bits per heavy atom. The van der Waals surface area contributed by atoms with E-state index in [0.717, 1.165) is 25.9 Å². The lowest BCUT2D eigenvalue weighted by Crippen LogP contribution is -2.12. The summed E-state index contributed by atoms with van der Waals surface area (Å²) in [7, 11) is 0. The van der Waals surface area contributed by atoms with Gasteiger partial charge in [0.2, 0.25) is 0 Å². The first-order chi connectivity index (χ1) is 11.8. The second-order valence-corrected chi connectivity index (χ2v) is 7.42. The Morgan fingerprint density at radius 2 is 0.917 bits per heavy atom. The van der Waals surface area contributed by atoms with Gasteiger partial charge in [0.15, 0.2) is 6.29 Å². The van der Waals surface area contributed by atoms with E-state index < -0.39 is 6.29 Å². The van der Waals surface area contributed by atoms with Crippen molar-refractivity contribution >= 4 is 0 Å². The molecule has 1 N–H and O–H groups in total. The summed E-state index contributed by atoms with van der Waals surface area (Å²) in [5, 5.41) is 9.76. The fourth-order valence-electron chi connectivity index (χ4n) is 3.17. The summed E-state index contributed by atoms with van der Waals surface area (Å²) in [6.07, 6.45) is 22.9. The topological polar surface area (TPSA) is 29.5 Å².